The number of carbonyl (C=O) groups is 1. The predicted octanol–water partition coefficient (Wildman–Crippen LogP) is 3.81. The molecule has 0 aliphatic carbocycles. The van der Waals surface area contributed by atoms with Crippen molar-refractivity contribution in [2.45, 2.75) is 51.1 Å². The molecule has 2 atom stereocenters. The van der Waals surface area contributed by atoms with Gasteiger partial charge in [-0.15, -0.1) is 0 Å². The Balaban J connectivity index is 1.73. The predicted molar refractivity (Wildman–Crippen MR) is 94.8 cm³/mol. The van der Waals surface area contributed by atoms with Crippen LogP contribution in [0, 0.1) is 0 Å². The maximum atomic E-state index is 12.6. The van der Waals surface area contributed by atoms with Crippen LogP contribution in [0.1, 0.15) is 32.8 Å². The average Bonchev–Trinajstić information content (AvgIpc) is 2.57. The highest BCUT2D eigenvalue weighted by Crippen LogP contribution is 2.33. The van der Waals surface area contributed by atoms with Crippen LogP contribution in [-0.2, 0) is 9.47 Å². The van der Waals surface area contributed by atoms with Crippen molar-refractivity contribution in [3.05, 3.63) is 30.0 Å². The fraction of sp³-hybridized carbons (Fsp3) is 0.579. The molecular weight excluding hydrogens is 377 g/mol. The van der Waals surface area contributed by atoms with E-state index in [4.69, 9.17) is 9.47 Å². The van der Waals surface area contributed by atoms with Crippen LogP contribution in [0.5, 0.6) is 5.88 Å². The summed E-state index contributed by atoms with van der Waals surface area (Å²) in [5.74, 6) is -0.0867. The first-order chi connectivity index (χ1) is 13.0. The summed E-state index contributed by atoms with van der Waals surface area (Å²) in [6.07, 6.45) is -0.839. The summed E-state index contributed by atoms with van der Waals surface area (Å²) in [6, 6.07) is 2.65. The molecule has 0 aromatic carbocycles. The van der Waals surface area contributed by atoms with E-state index in [1.165, 1.54) is 12.3 Å². The number of hydrogen-bond donors (Lipinski definition) is 0. The minimum atomic E-state index is -4.41. The van der Waals surface area contributed by atoms with E-state index in [9.17, 15) is 18.0 Å². The molecule has 2 bridgehead atoms. The molecule has 154 valence electrons. The van der Waals surface area contributed by atoms with E-state index in [2.05, 4.69) is 9.72 Å². The van der Waals surface area contributed by atoms with E-state index in [0.717, 1.165) is 11.1 Å². The summed E-state index contributed by atoms with van der Waals surface area (Å²) < 4.78 is 52.4. The summed E-state index contributed by atoms with van der Waals surface area (Å²) in [6.45, 7) is 4.82. The third-order valence-electron chi connectivity index (χ3n) is 4.29. The molecule has 1 amide bonds. The molecule has 1 saturated heterocycles. The highest BCUT2D eigenvalue weighted by molar-refractivity contribution is 5.74. The smallest absolute Gasteiger partial charge is 0.422 e. The van der Waals surface area contributed by atoms with Gasteiger partial charge in [-0.25, -0.2) is 9.78 Å². The molecule has 1 aromatic rings. The lowest BCUT2D eigenvalue weighted by Crippen LogP contribution is -2.57. The van der Waals surface area contributed by atoms with Crippen molar-refractivity contribution in [3.8, 4) is 5.88 Å². The maximum absolute atomic E-state index is 12.6. The Kier molecular flexibility index (Phi) is 5.56. The Labute approximate surface area is 161 Å². The molecule has 0 spiro atoms. The number of rotatable bonds is 3. The largest absolute Gasteiger partial charge is 0.468 e. The molecule has 1 fully saturated rings. The molecule has 28 heavy (non-hydrogen) atoms. The standard InChI is InChI=1S/C19H23F3N2O4/c1-18(2,3)28-17(25)24-14-6-13(7-15(24)10-26-9-14)12-4-5-16(23-8-12)27-11-19(20,21)22/h4-6,8,14-15H,7,9-11H2,1-3H3. The van der Waals surface area contributed by atoms with Crippen molar-refractivity contribution in [2.24, 2.45) is 0 Å². The first kappa shape index (κ1) is 20.4. The monoisotopic (exact) mass is 400 g/mol. The summed E-state index contributed by atoms with van der Waals surface area (Å²) in [4.78, 5) is 18.2. The second-order valence-corrected chi connectivity index (χ2v) is 7.83. The van der Waals surface area contributed by atoms with Crippen LogP contribution in [0.3, 0.4) is 0 Å². The van der Waals surface area contributed by atoms with Crippen molar-refractivity contribution in [2.75, 3.05) is 19.8 Å². The van der Waals surface area contributed by atoms with Gasteiger partial charge in [0.05, 0.1) is 25.3 Å². The van der Waals surface area contributed by atoms with E-state index >= 15 is 0 Å². The SMILES string of the molecule is CC(C)(C)OC(=O)N1C2C=C(c3ccc(OCC(F)(F)F)nc3)CC1COC2. The first-order valence-electron chi connectivity index (χ1n) is 8.97. The second kappa shape index (κ2) is 7.62. The van der Waals surface area contributed by atoms with Crippen LogP contribution in [0.15, 0.2) is 24.4 Å². The third-order valence-corrected chi connectivity index (χ3v) is 4.29. The van der Waals surface area contributed by atoms with Crippen LogP contribution >= 0.6 is 0 Å². The molecule has 3 rings (SSSR count). The zero-order chi connectivity index (χ0) is 20.5. The maximum Gasteiger partial charge on any atom is 0.422 e. The Bertz CT molecular complexity index is 741. The number of pyridine rings is 1. The second-order valence-electron chi connectivity index (χ2n) is 7.83. The minimum absolute atomic E-state index is 0.0867. The number of morpholine rings is 1. The first-order valence-corrected chi connectivity index (χ1v) is 8.97. The number of hydrogen-bond acceptors (Lipinski definition) is 5. The Morgan fingerprint density at radius 3 is 2.61 bits per heavy atom. The van der Waals surface area contributed by atoms with Gasteiger partial charge in [0.1, 0.15) is 5.60 Å². The van der Waals surface area contributed by atoms with Gasteiger partial charge in [-0.05, 0) is 44.4 Å². The quantitative estimate of drug-likeness (QED) is 0.772. The molecule has 0 radical (unpaired) electrons. The molecule has 0 N–H and O–H groups in total. The number of fused-ring (bicyclic) bond motifs is 2. The van der Waals surface area contributed by atoms with Gasteiger partial charge in [-0.1, -0.05) is 6.08 Å². The normalized spacial score (nSPS) is 22.5. The minimum Gasteiger partial charge on any atom is -0.468 e. The van der Waals surface area contributed by atoms with E-state index < -0.39 is 18.4 Å². The number of halogens is 3. The zero-order valence-electron chi connectivity index (χ0n) is 16.0. The van der Waals surface area contributed by atoms with Gasteiger partial charge in [-0.3, -0.25) is 4.90 Å². The van der Waals surface area contributed by atoms with Gasteiger partial charge in [-0.2, -0.15) is 13.2 Å². The van der Waals surface area contributed by atoms with Crippen molar-refractivity contribution in [1.29, 1.82) is 0 Å². The molecular formula is C19H23F3N2O4. The lowest BCUT2D eigenvalue weighted by Gasteiger charge is -2.44. The van der Waals surface area contributed by atoms with E-state index in [0.29, 0.717) is 19.6 Å². The van der Waals surface area contributed by atoms with Crippen molar-refractivity contribution >= 4 is 11.7 Å². The molecule has 6 nitrogen and oxygen atoms in total. The third kappa shape index (κ3) is 5.15. The van der Waals surface area contributed by atoms with Crippen LogP contribution < -0.4 is 4.74 Å². The van der Waals surface area contributed by atoms with E-state index in [1.807, 2.05) is 26.8 Å². The fourth-order valence-electron chi connectivity index (χ4n) is 3.22. The molecule has 0 saturated carbocycles. The van der Waals surface area contributed by atoms with Gasteiger partial charge < -0.3 is 14.2 Å². The number of ether oxygens (including phenoxy) is 3. The molecule has 1 aromatic heterocycles. The number of aromatic nitrogens is 1. The highest BCUT2D eigenvalue weighted by atomic mass is 19.4. The number of amides is 1. The molecule has 9 heteroatoms. The van der Waals surface area contributed by atoms with E-state index in [1.54, 1.807) is 11.0 Å². The number of nitrogens with zero attached hydrogens (tertiary/aromatic N) is 2. The van der Waals surface area contributed by atoms with Gasteiger partial charge in [0, 0.05) is 12.3 Å². The topological polar surface area (TPSA) is 60.9 Å². The fourth-order valence-corrected chi connectivity index (χ4v) is 3.22. The average molecular weight is 400 g/mol. The Morgan fingerprint density at radius 1 is 1.29 bits per heavy atom. The van der Waals surface area contributed by atoms with Gasteiger partial charge in [0.25, 0.3) is 0 Å². The number of alkyl halides is 3. The summed E-state index contributed by atoms with van der Waals surface area (Å²) in [5.41, 5.74) is 1.15. The van der Waals surface area contributed by atoms with Crippen molar-refractivity contribution in [1.82, 2.24) is 9.88 Å². The summed E-state index contributed by atoms with van der Waals surface area (Å²) >= 11 is 0. The van der Waals surface area contributed by atoms with Gasteiger partial charge in [0.15, 0.2) is 6.61 Å². The molecule has 3 heterocycles. The lowest BCUT2D eigenvalue weighted by atomic mass is 9.91. The Hall–Kier alpha value is -2.29. The molecule has 2 aliphatic rings. The Morgan fingerprint density at radius 2 is 2.04 bits per heavy atom. The van der Waals surface area contributed by atoms with Crippen molar-refractivity contribution < 1.29 is 32.2 Å². The van der Waals surface area contributed by atoms with Crippen molar-refractivity contribution in [3.63, 3.8) is 0 Å². The van der Waals surface area contributed by atoms with Crippen LogP contribution in [0.4, 0.5) is 18.0 Å². The van der Waals surface area contributed by atoms with Crippen LogP contribution in [-0.4, -0.2) is 59.7 Å². The molecule has 2 aliphatic heterocycles. The summed E-state index contributed by atoms with van der Waals surface area (Å²) in [7, 11) is 0. The highest BCUT2D eigenvalue weighted by Gasteiger charge is 2.40. The zero-order valence-corrected chi connectivity index (χ0v) is 16.0. The lowest BCUT2D eigenvalue weighted by molar-refractivity contribution is -0.154. The van der Waals surface area contributed by atoms with Crippen LogP contribution in [0.2, 0.25) is 0 Å². The number of carbonyl (C=O) groups excluding carboxylic acids is 1. The van der Waals surface area contributed by atoms with Gasteiger partial charge in [0.2, 0.25) is 5.88 Å². The van der Waals surface area contributed by atoms with Crippen LogP contribution in [0.25, 0.3) is 5.57 Å². The van der Waals surface area contributed by atoms with Gasteiger partial charge >= 0.3 is 12.3 Å². The molecule has 2 unspecified atom stereocenters. The van der Waals surface area contributed by atoms with E-state index in [-0.39, 0.29) is 24.1 Å². The summed E-state index contributed by atoms with van der Waals surface area (Å²) in [5, 5.41) is 0.